The van der Waals surface area contributed by atoms with E-state index < -0.39 is 11.9 Å². The van der Waals surface area contributed by atoms with Crippen molar-refractivity contribution in [1.82, 2.24) is 4.98 Å². The van der Waals surface area contributed by atoms with E-state index in [1.54, 1.807) is 32.2 Å². The van der Waals surface area contributed by atoms with E-state index in [0.29, 0.717) is 18.9 Å². The van der Waals surface area contributed by atoms with Crippen LogP contribution in [0.4, 0.5) is 4.39 Å². The van der Waals surface area contributed by atoms with Crippen LogP contribution in [-0.2, 0) is 14.3 Å². The molecule has 6 nitrogen and oxygen atoms in total. The topological polar surface area (TPSA) is 72.8 Å². The first-order chi connectivity index (χ1) is 12.4. The van der Waals surface area contributed by atoms with Gasteiger partial charge in [-0.2, -0.15) is 0 Å². The lowest BCUT2D eigenvalue weighted by atomic mass is 10.0. The molecule has 7 heteroatoms. The molecule has 0 saturated carbocycles. The number of nitrogens with zero attached hydrogens (tertiary/aromatic N) is 1. The Hall–Kier alpha value is -3.14. The number of esters is 2. The number of carbonyl (C=O) groups excluding carboxylic acids is 2. The van der Waals surface area contributed by atoms with Crippen LogP contribution in [0.3, 0.4) is 0 Å². The van der Waals surface area contributed by atoms with Gasteiger partial charge in [0.15, 0.2) is 0 Å². The van der Waals surface area contributed by atoms with Crippen molar-refractivity contribution in [3.63, 3.8) is 0 Å². The van der Waals surface area contributed by atoms with Gasteiger partial charge in [-0.3, -0.25) is 0 Å². The Morgan fingerprint density at radius 1 is 1.15 bits per heavy atom. The molecule has 138 valence electrons. The van der Waals surface area contributed by atoms with Gasteiger partial charge in [0, 0.05) is 11.8 Å². The zero-order valence-corrected chi connectivity index (χ0v) is 15.0. The Balaban J connectivity index is 0.000000359. The Kier molecular flexibility index (Phi) is 8.58. The molecule has 1 aromatic heterocycles. The second-order valence-corrected chi connectivity index (χ2v) is 5.07. The Morgan fingerprint density at radius 2 is 1.77 bits per heavy atom. The number of rotatable bonds is 5. The molecule has 0 aliphatic rings. The fourth-order valence-corrected chi connectivity index (χ4v) is 2.15. The highest BCUT2D eigenvalue weighted by atomic mass is 19.1. The summed E-state index contributed by atoms with van der Waals surface area (Å²) in [5, 5.41) is 0. The maximum absolute atomic E-state index is 12.9. The molecule has 0 spiro atoms. The van der Waals surface area contributed by atoms with Crippen molar-refractivity contribution < 1.29 is 23.5 Å². The third-order valence-corrected chi connectivity index (χ3v) is 3.20. The second kappa shape index (κ2) is 10.7. The average molecular weight is 360 g/mol. The molecule has 1 N–H and O–H groups in total. The van der Waals surface area contributed by atoms with Crippen LogP contribution in [0.1, 0.15) is 29.9 Å². The number of aromatic nitrogens is 1. The molecular weight excluding hydrogens is 339 g/mol. The van der Waals surface area contributed by atoms with Gasteiger partial charge in [0.05, 0.1) is 13.2 Å². The number of benzene rings is 1. The normalized spacial score (nSPS) is 9.50. The standard InChI is InChI=1S/C14H14FNO2.C5H7NO2/c1-3-18-14(17)13-12(9(2)8-16-13)10-4-6-11(15)7-5-10;1-3-8-5(7)4-6-2/h4-8,16H,3H2,1-2H3;3-4H2,1H3. The summed E-state index contributed by atoms with van der Waals surface area (Å²) in [5.74, 6) is -1.14. The molecule has 0 aliphatic heterocycles. The minimum Gasteiger partial charge on any atom is -0.461 e. The minimum atomic E-state index is -0.442. The van der Waals surface area contributed by atoms with Gasteiger partial charge in [-0.15, -0.1) is 0 Å². The van der Waals surface area contributed by atoms with Crippen LogP contribution in [-0.4, -0.2) is 36.7 Å². The third kappa shape index (κ3) is 6.06. The first kappa shape index (κ1) is 20.9. The van der Waals surface area contributed by atoms with Crippen LogP contribution in [0.15, 0.2) is 30.5 Å². The number of aryl methyl sites for hydroxylation is 1. The van der Waals surface area contributed by atoms with Gasteiger partial charge in [0.2, 0.25) is 0 Å². The SMILES string of the molecule is CCOC(=O)c1[nH]cc(C)c1-c1ccc(F)cc1.[C-]#[N+]CC(=O)OCC. The molecule has 1 aromatic carbocycles. The predicted molar refractivity (Wildman–Crippen MR) is 95.0 cm³/mol. The number of hydrogen-bond acceptors (Lipinski definition) is 4. The van der Waals surface area contributed by atoms with E-state index in [9.17, 15) is 14.0 Å². The number of hydrogen-bond donors (Lipinski definition) is 1. The van der Waals surface area contributed by atoms with Crippen molar-refractivity contribution in [3.05, 3.63) is 59.0 Å². The molecular formula is C19H21FN2O4. The number of halogens is 1. The Bertz CT molecular complexity index is 776. The summed E-state index contributed by atoms with van der Waals surface area (Å²) in [5.41, 5.74) is 2.87. The molecule has 0 aliphatic carbocycles. The van der Waals surface area contributed by atoms with E-state index in [2.05, 4.69) is 14.6 Å². The maximum Gasteiger partial charge on any atom is 0.387 e. The van der Waals surface area contributed by atoms with Gasteiger partial charge < -0.3 is 19.3 Å². The monoisotopic (exact) mass is 360 g/mol. The summed E-state index contributed by atoms with van der Waals surface area (Å²) in [6.07, 6.45) is 1.74. The quantitative estimate of drug-likeness (QED) is 0.651. The van der Waals surface area contributed by atoms with Crippen LogP contribution in [0.2, 0.25) is 0 Å². The molecule has 2 aromatic rings. The lowest BCUT2D eigenvalue weighted by Gasteiger charge is -2.05. The van der Waals surface area contributed by atoms with Crippen molar-refractivity contribution >= 4 is 11.9 Å². The van der Waals surface area contributed by atoms with E-state index in [0.717, 1.165) is 16.7 Å². The average Bonchev–Trinajstić information content (AvgIpc) is 2.99. The zero-order chi connectivity index (χ0) is 19.5. The number of aromatic amines is 1. The summed E-state index contributed by atoms with van der Waals surface area (Å²) < 4.78 is 22.3. The lowest BCUT2D eigenvalue weighted by Crippen LogP contribution is -2.06. The molecule has 0 radical (unpaired) electrons. The summed E-state index contributed by atoms with van der Waals surface area (Å²) >= 11 is 0. The fourth-order valence-electron chi connectivity index (χ4n) is 2.15. The predicted octanol–water partition coefficient (Wildman–Crippen LogP) is 3.77. The van der Waals surface area contributed by atoms with Crippen LogP contribution < -0.4 is 0 Å². The Labute approximate surface area is 151 Å². The molecule has 0 bridgehead atoms. The van der Waals surface area contributed by atoms with Gasteiger partial charge in [-0.05, 0) is 44.0 Å². The van der Waals surface area contributed by atoms with Gasteiger partial charge in [-0.25, -0.2) is 20.6 Å². The summed E-state index contributed by atoms with van der Waals surface area (Å²) in [4.78, 5) is 27.7. The molecule has 26 heavy (non-hydrogen) atoms. The molecule has 0 unspecified atom stereocenters. The summed E-state index contributed by atoms with van der Waals surface area (Å²) in [6, 6.07) is 6.04. The van der Waals surface area contributed by atoms with Crippen LogP contribution >= 0.6 is 0 Å². The highest BCUT2D eigenvalue weighted by molar-refractivity contribution is 5.96. The smallest absolute Gasteiger partial charge is 0.387 e. The van der Waals surface area contributed by atoms with Crippen molar-refractivity contribution in [2.75, 3.05) is 19.8 Å². The molecule has 0 amide bonds. The maximum atomic E-state index is 12.9. The number of carbonyl (C=O) groups is 2. The van der Waals surface area contributed by atoms with Crippen molar-refractivity contribution in [2.24, 2.45) is 0 Å². The van der Waals surface area contributed by atoms with Gasteiger partial charge in [0.1, 0.15) is 11.5 Å². The molecule has 2 rings (SSSR count). The first-order valence-electron chi connectivity index (χ1n) is 8.04. The zero-order valence-electron chi connectivity index (χ0n) is 15.0. The first-order valence-corrected chi connectivity index (χ1v) is 8.04. The number of nitrogens with one attached hydrogen (secondary N) is 1. The van der Waals surface area contributed by atoms with Crippen LogP contribution in [0.5, 0.6) is 0 Å². The minimum absolute atomic E-state index is 0.159. The van der Waals surface area contributed by atoms with Gasteiger partial charge in [0.25, 0.3) is 0 Å². The van der Waals surface area contributed by atoms with Crippen molar-refractivity contribution in [1.29, 1.82) is 0 Å². The van der Waals surface area contributed by atoms with Gasteiger partial charge in [-0.1, -0.05) is 12.1 Å². The lowest BCUT2D eigenvalue weighted by molar-refractivity contribution is -0.140. The van der Waals surface area contributed by atoms with Crippen molar-refractivity contribution in [2.45, 2.75) is 20.8 Å². The van der Waals surface area contributed by atoms with E-state index in [1.165, 1.54) is 12.1 Å². The fraction of sp³-hybridized carbons (Fsp3) is 0.316. The molecule has 1 heterocycles. The molecule has 0 fully saturated rings. The molecule has 0 saturated heterocycles. The van der Waals surface area contributed by atoms with E-state index in [4.69, 9.17) is 11.3 Å². The second-order valence-electron chi connectivity index (χ2n) is 5.07. The molecule has 0 atom stereocenters. The van der Waals surface area contributed by atoms with Crippen molar-refractivity contribution in [3.8, 4) is 11.1 Å². The highest BCUT2D eigenvalue weighted by Crippen LogP contribution is 2.27. The number of H-pyrrole nitrogens is 1. The van der Waals surface area contributed by atoms with Crippen LogP contribution in [0, 0.1) is 19.3 Å². The van der Waals surface area contributed by atoms with E-state index in [-0.39, 0.29) is 12.4 Å². The summed E-state index contributed by atoms with van der Waals surface area (Å²) in [7, 11) is 0. The van der Waals surface area contributed by atoms with E-state index in [1.807, 2.05) is 6.92 Å². The number of ether oxygens (including phenoxy) is 2. The third-order valence-electron chi connectivity index (χ3n) is 3.20. The van der Waals surface area contributed by atoms with Crippen LogP contribution in [0.25, 0.3) is 16.0 Å². The van der Waals surface area contributed by atoms with E-state index >= 15 is 0 Å². The largest absolute Gasteiger partial charge is 0.461 e. The summed E-state index contributed by atoms with van der Waals surface area (Å²) in [6.45, 7) is 12.1. The highest BCUT2D eigenvalue weighted by Gasteiger charge is 2.17. The van der Waals surface area contributed by atoms with Gasteiger partial charge >= 0.3 is 18.5 Å². The Morgan fingerprint density at radius 3 is 2.31 bits per heavy atom.